The van der Waals surface area contributed by atoms with Crippen LogP contribution in [0.15, 0.2) is 11.1 Å². The van der Waals surface area contributed by atoms with Crippen molar-refractivity contribution in [3.63, 3.8) is 0 Å². The van der Waals surface area contributed by atoms with E-state index in [9.17, 15) is 9.59 Å². The van der Waals surface area contributed by atoms with Gasteiger partial charge in [-0.3, -0.25) is 19.9 Å². The molecule has 0 saturated heterocycles. The number of H-pyrrole nitrogens is 1. The molecule has 0 aliphatic heterocycles. The van der Waals surface area contributed by atoms with Crippen LogP contribution in [-0.2, 0) is 16.3 Å². The van der Waals surface area contributed by atoms with Gasteiger partial charge in [-0.05, 0) is 13.3 Å². The highest BCUT2D eigenvalue weighted by molar-refractivity contribution is 5.87. The van der Waals surface area contributed by atoms with E-state index in [1.807, 2.05) is 13.8 Å². The molecular weight excluding hydrogens is 262 g/mol. The summed E-state index contributed by atoms with van der Waals surface area (Å²) in [5.41, 5.74) is 0.219. The molecule has 0 aliphatic rings. The third-order valence-electron chi connectivity index (χ3n) is 2.85. The smallest absolute Gasteiger partial charge is 0.278 e. The number of imidazole rings is 1. The topological polar surface area (TPSA) is 102 Å². The van der Waals surface area contributed by atoms with Gasteiger partial charge in [0.05, 0.1) is 12.4 Å². The highest BCUT2D eigenvalue weighted by Gasteiger charge is 2.11. The molecule has 2 N–H and O–H groups in total. The average Bonchev–Trinajstić information content (AvgIpc) is 2.78. The van der Waals surface area contributed by atoms with Crippen LogP contribution in [-0.4, -0.2) is 31.5 Å². The summed E-state index contributed by atoms with van der Waals surface area (Å²) in [5.74, 6) is -0.227. The first kappa shape index (κ1) is 14.2. The summed E-state index contributed by atoms with van der Waals surface area (Å²) >= 11 is 0. The highest BCUT2D eigenvalue weighted by Crippen LogP contribution is 2.08. The molecule has 0 radical (unpaired) electrons. The number of nitrogens with one attached hydrogen (secondary N) is 2. The lowest BCUT2D eigenvalue weighted by Crippen LogP contribution is -2.19. The first-order chi connectivity index (χ1) is 9.51. The number of aromatic nitrogens is 4. The molecule has 1 unspecified atom stereocenters. The van der Waals surface area contributed by atoms with Gasteiger partial charge in [0.15, 0.2) is 11.2 Å². The summed E-state index contributed by atoms with van der Waals surface area (Å²) in [6.45, 7) is 5.54. The van der Waals surface area contributed by atoms with Crippen LogP contribution in [0.4, 0.5) is 5.95 Å². The second-order valence-corrected chi connectivity index (χ2v) is 4.50. The van der Waals surface area contributed by atoms with E-state index < -0.39 is 0 Å². The molecule has 2 heterocycles. The highest BCUT2D eigenvalue weighted by atomic mass is 16.5. The lowest BCUT2D eigenvalue weighted by atomic mass is 10.3. The molecule has 2 aromatic heterocycles. The molecule has 2 rings (SSSR count). The van der Waals surface area contributed by atoms with Gasteiger partial charge in [0.2, 0.25) is 11.9 Å². The molecule has 1 atom stereocenters. The number of nitrogens with zero attached hydrogens (tertiary/aromatic N) is 3. The molecule has 0 spiro atoms. The fourth-order valence-electron chi connectivity index (χ4n) is 1.64. The second-order valence-electron chi connectivity index (χ2n) is 4.50. The van der Waals surface area contributed by atoms with Crippen LogP contribution in [0, 0.1) is 0 Å². The van der Waals surface area contributed by atoms with Gasteiger partial charge in [-0.25, -0.2) is 4.98 Å². The van der Waals surface area contributed by atoms with Crippen LogP contribution in [0.25, 0.3) is 11.2 Å². The maximum Gasteiger partial charge on any atom is 0.278 e. The molecule has 0 saturated carbocycles. The Labute approximate surface area is 115 Å². The van der Waals surface area contributed by atoms with Crippen LogP contribution < -0.4 is 10.9 Å². The quantitative estimate of drug-likeness (QED) is 0.844. The minimum atomic E-state index is -0.371. The normalized spacial score (nSPS) is 12.6. The molecular formula is C12H17N5O3. The third-order valence-corrected chi connectivity index (χ3v) is 2.85. The summed E-state index contributed by atoms with van der Waals surface area (Å²) in [6, 6.07) is 0. The molecule has 0 fully saturated rings. The van der Waals surface area contributed by atoms with E-state index in [0.717, 1.165) is 6.42 Å². The Morgan fingerprint density at radius 3 is 3.00 bits per heavy atom. The number of hydrogen-bond acceptors (Lipinski definition) is 5. The number of ether oxygens (including phenoxy) is 1. The molecule has 8 heteroatoms. The Bertz CT molecular complexity index is 675. The zero-order chi connectivity index (χ0) is 14.7. The Morgan fingerprint density at radius 1 is 1.60 bits per heavy atom. The van der Waals surface area contributed by atoms with Crippen molar-refractivity contribution in [2.45, 2.75) is 40.0 Å². The minimum absolute atomic E-state index is 0.0862. The van der Waals surface area contributed by atoms with E-state index in [1.54, 1.807) is 4.57 Å². The van der Waals surface area contributed by atoms with Crippen molar-refractivity contribution in [2.24, 2.45) is 0 Å². The van der Waals surface area contributed by atoms with Gasteiger partial charge in [0.25, 0.3) is 5.56 Å². The first-order valence-electron chi connectivity index (χ1n) is 6.35. The lowest BCUT2D eigenvalue weighted by Gasteiger charge is -2.11. The Hall–Kier alpha value is -2.22. The summed E-state index contributed by atoms with van der Waals surface area (Å²) in [7, 11) is 0. The number of rotatable bonds is 5. The molecule has 20 heavy (non-hydrogen) atoms. The number of amides is 1. The zero-order valence-electron chi connectivity index (χ0n) is 11.6. The molecule has 8 nitrogen and oxygen atoms in total. The van der Waals surface area contributed by atoms with Crippen LogP contribution in [0.1, 0.15) is 27.2 Å². The van der Waals surface area contributed by atoms with Crippen LogP contribution >= 0.6 is 0 Å². The van der Waals surface area contributed by atoms with E-state index in [4.69, 9.17) is 4.74 Å². The summed E-state index contributed by atoms with van der Waals surface area (Å²) in [6.07, 6.45) is 2.47. The fourth-order valence-corrected chi connectivity index (χ4v) is 1.64. The van der Waals surface area contributed by atoms with Crippen molar-refractivity contribution in [2.75, 3.05) is 5.32 Å². The van der Waals surface area contributed by atoms with Crippen molar-refractivity contribution in [1.82, 2.24) is 19.5 Å². The number of aromatic amines is 1. The standard InChI is InChI=1S/C12H17N5O3/c1-4-7(2)20-6-17-5-13-10-9(17)11(19)16-12(15-10)14-8(3)18/h5,7H,4,6H2,1-3H3,(H2,14,15,16,18,19). The molecule has 1 amide bonds. The van der Waals surface area contributed by atoms with Gasteiger partial charge in [0, 0.05) is 6.92 Å². The Kier molecular flexibility index (Phi) is 4.14. The summed E-state index contributed by atoms with van der Waals surface area (Å²) in [4.78, 5) is 33.6. The molecule has 0 aromatic carbocycles. The van der Waals surface area contributed by atoms with E-state index >= 15 is 0 Å². The third kappa shape index (κ3) is 3.02. The largest absolute Gasteiger partial charge is 0.358 e. The number of anilines is 1. The fraction of sp³-hybridized carbons (Fsp3) is 0.500. The predicted octanol–water partition coefficient (Wildman–Crippen LogP) is 0.851. The van der Waals surface area contributed by atoms with Crippen molar-refractivity contribution in [3.05, 3.63) is 16.7 Å². The molecule has 108 valence electrons. The minimum Gasteiger partial charge on any atom is -0.358 e. The number of fused-ring (bicyclic) bond motifs is 1. The molecule has 0 aliphatic carbocycles. The lowest BCUT2D eigenvalue weighted by molar-refractivity contribution is -0.114. The second kappa shape index (κ2) is 5.83. The van der Waals surface area contributed by atoms with Gasteiger partial charge in [0.1, 0.15) is 6.73 Å². The maximum atomic E-state index is 12.0. The predicted molar refractivity (Wildman–Crippen MR) is 73.3 cm³/mol. The van der Waals surface area contributed by atoms with Gasteiger partial charge in [-0.2, -0.15) is 4.98 Å². The van der Waals surface area contributed by atoms with E-state index in [-0.39, 0.29) is 35.9 Å². The van der Waals surface area contributed by atoms with Gasteiger partial charge in [-0.15, -0.1) is 0 Å². The van der Waals surface area contributed by atoms with Crippen molar-refractivity contribution < 1.29 is 9.53 Å². The van der Waals surface area contributed by atoms with Crippen LogP contribution in [0.2, 0.25) is 0 Å². The SMILES string of the molecule is CCC(C)OCn1cnc2nc(NC(C)=O)[nH]c(=O)c21. The van der Waals surface area contributed by atoms with Crippen LogP contribution in [0.3, 0.4) is 0 Å². The van der Waals surface area contributed by atoms with Gasteiger partial charge in [-0.1, -0.05) is 6.92 Å². The summed E-state index contributed by atoms with van der Waals surface area (Å²) in [5, 5.41) is 2.42. The average molecular weight is 279 g/mol. The Balaban J connectivity index is 2.31. The van der Waals surface area contributed by atoms with E-state index in [0.29, 0.717) is 5.52 Å². The van der Waals surface area contributed by atoms with Crippen molar-refractivity contribution in [1.29, 1.82) is 0 Å². The summed E-state index contributed by atoms with van der Waals surface area (Å²) < 4.78 is 7.15. The van der Waals surface area contributed by atoms with E-state index in [2.05, 4.69) is 20.3 Å². The van der Waals surface area contributed by atoms with Crippen LogP contribution in [0.5, 0.6) is 0 Å². The van der Waals surface area contributed by atoms with Gasteiger partial charge >= 0.3 is 0 Å². The molecule has 0 bridgehead atoms. The van der Waals surface area contributed by atoms with Gasteiger partial charge < -0.3 is 9.30 Å². The number of carbonyl (C=O) groups is 1. The van der Waals surface area contributed by atoms with Crippen molar-refractivity contribution in [3.8, 4) is 0 Å². The number of carbonyl (C=O) groups excluding carboxylic acids is 1. The first-order valence-corrected chi connectivity index (χ1v) is 6.35. The Morgan fingerprint density at radius 2 is 2.35 bits per heavy atom. The zero-order valence-corrected chi connectivity index (χ0v) is 11.6. The maximum absolute atomic E-state index is 12.0. The monoisotopic (exact) mass is 279 g/mol. The van der Waals surface area contributed by atoms with E-state index in [1.165, 1.54) is 13.3 Å². The number of hydrogen-bond donors (Lipinski definition) is 2. The molecule has 2 aromatic rings. The van der Waals surface area contributed by atoms with Crippen molar-refractivity contribution >= 4 is 23.0 Å².